The largest absolute Gasteiger partial charge is 0.324 e. The van der Waals surface area contributed by atoms with Gasteiger partial charge in [-0.25, -0.2) is 0 Å². The highest BCUT2D eigenvalue weighted by atomic mass is 16.1. The first-order valence-corrected chi connectivity index (χ1v) is 4.77. The molecule has 0 radical (unpaired) electrons. The van der Waals surface area contributed by atoms with Crippen LogP contribution in [0.2, 0.25) is 0 Å². The van der Waals surface area contributed by atoms with E-state index in [0.717, 1.165) is 17.8 Å². The number of Topliss-reactive ketones (excluding diaryl/α,β-unsaturated/α-hetero) is 1. The number of nitrogens with zero attached hydrogens (tertiary/aromatic N) is 2. The van der Waals surface area contributed by atoms with Crippen LogP contribution in [0.15, 0.2) is 0 Å². The standard InChI is InChI=1S/C10H17N3O/c1-7-10(5-4-9(14)6-11)8(2)13(3)12-7/h4-6,11H2,1-3H3. The highest BCUT2D eigenvalue weighted by Crippen LogP contribution is 2.13. The Balaban J connectivity index is 2.71. The number of carbonyl (C=O) groups excluding carboxylic acids is 1. The number of rotatable bonds is 4. The summed E-state index contributed by atoms with van der Waals surface area (Å²) in [6.45, 7) is 4.12. The molecule has 0 saturated heterocycles. The first-order valence-electron chi connectivity index (χ1n) is 4.77. The highest BCUT2D eigenvalue weighted by molar-refractivity contribution is 5.80. The molecule has 4 heteroatoms. The Hall–Kier alpha value is -1.16. The highest BCUT2D eigenvalue weighted by Gasteiger charge is 2.10. The SMILES string of the molecule is Cc1nn(C)c(C)c1CCC(=O)CN. The average molecular weight is 195 g/mol. The maximum Gasteiger partial charge on any atom is 0.146 e. The molecular formula is C10H17N3O. The maximum atomic E-state index is 11.1. The molecule has 1 aromatic rings. The zero-order valence-corrected chi connectivity index (χ0v) is 9.00. The molecule has 0 saturated carbocycles. The van der Waals surface area contributed by atoms with E-state index in [9.17, 15) is 4.79 Å². The van der Waals surface area contributed by atoms with E-state index < -0.39 is 0 Å². The van der Waals surface area contributed by atoms with E-state index in [2.05, 4.69) is 5.10 Å². The quantitative estimate of drug-likeness (QED) is 0.761. The van der Waals surface area contributed by atoms with Crippen LogP contribution in [0.5, 0.6) is 0 Å². The fourth-order valence-electron chi connectivity index (χ4n) is 1.55. The summed E-state index contributed by atoms with van der Waals surface area (Å²) in [6.07, 6.45) is 1.27. The molecule has 0 spiro atoms. The van der Waals surface area contributed by atoms with Crippen molar-refractivity contribution in [3.8, 4) is 0 Å². The van der Waals surface area contributed by atoms with Crippen LogP contribution in [-0.2, 0) is 18.3 Å². The lowest BCUT2D eigenvalue weighted by molar-refractivity contribution is -0.117. The summed E-state index contributed by atoms with van der Waals surface area (Å²) in [5, 5.41) is 4.29. The normalized spacial score (nSPS) is 10.6. The molecule has 0 aliphatic heterocycles. The number of nitrogens with two attached hydrogens (primary N) is 1. The molecule has 0 amide bonds. The molecule has 0 aliphatic carbocycles. The number of carbonyl (C=O) groups is 1. The summed E-state index contributed by atoms with van der Waals surface area (Å²) in [5.74, 6) is 0.104. The maximum absolute atomic E-state index is 11.1. The second-order valence-electron chi connectivity index (χ2n) is 3.52. The van der Waals surface area contributed by atoms with Gasteiger partial charge in [-0.05, 0) is 25.8 Å². The third-order valence-corrected chi connectivity index (χ3v) is 2.54. The molecular weight excluding hydrogens is 178 g/mol. The molecule has 0 aliphatic rings. The van der Waals surface area contributed by atoms with Gasteiger partial charge in [0.25, 0.3) is 0 Å². The second-order valence-corrected chi connectivity index (χ2v) is 3.52. The molecule has 14 heavy (non-hydrogen) atoms. The van der Waals surface area contributed by atoms with Crippen molar-refractivity contribution in [1.82, 2.24) is 9.78 Å². The number of ketones is 1. The Kier molecular flexibility index (Phi) is 3.41. The van der Waals surface area contributed by atoms with Crippen LogP contribution >= 0.6 is 0 Å². The van der Waals surface area contributed by atoms with Crippen LogP contribution in [-0.4, -0.2) is 22.1 Å². The molecule has 0 bridgehead atoms. The number of hydrogen-bond donors (Lipinski definition) is 1. The summed E-state index contributed by atoms with van der Waals surface area (Å²) in [4.78, 5) is 11.1. The number of hydrogen-bond acceptors (Lipinski definition) is 3. The lowest BCUT2D eigenvalue weighted by Crippen LogP contribution is -2.14. The minimum atomic E-state index is 0.104. The summed E-state index contributed by atoms with van der Waals surface area (Å²) < 4.78 is 1.84. The van der Waals surface area contributed by atoms with Crippen molar-refractivity contribution in [2.24, 2.45) is 12.8 Å². The Morgan fingerprint density at radius 1 is 1.50 bits per heavy atom. The lowest BCUT2D eigenvalue weighted by atomic mass is 10.1. The third-order valence-electron chi connectivity index (χ3n) is 2.54. The minimum absolute atomic E-state index is 0.104. The van der Waals surface area contributed by atoms with Crippen LogP contribution in [0.3, 0.4) is 0 Å². The smallest absolute Gasteiger partial charge is 0.146 e. The number of aryl methyl sites for hydroxylation is 2. The van der Waals surface area contributed by atoms with Crippen molar-refractivity contribution in [2.45, 2.75) is 26.7 Å². The Labute approximate surface area is 84.1 Å². The van der Waals surface area contributed by atoms with Gasteiger partial charge in [-0.3, -0.25) is 9.48 Å². The van der Waals surface area contributed by atoms with Crippen LogP contribution in [0.1, 0.15) is 23.4 Å². The minimum Gasteiger partial charge on any atom is -0.324 e. The van der Waals surface area contributed by atoms with Gasteiger partial charge in [0.15, 0.2) is 0 Å². The van der Waals surface area contributed by atoms with Crippen molar-refractivity contribution in [2.75, 3.05) is 6.54 Å². The fraction of sp³-hybridized carbons (Fsp3) is 0.600. The van der Waals surface area contributed by atoms with E-state index in [-0.39, 0.29) is 12.3 Å². The zero-order chi connectivity index (χ0) is 10.7. The first kappa shape index (κ1) is 10.9. The van der Waals surface area contributed by atoms with Crippen molar-refractivity contribution < 1.29 is 4.79 Å². The van der Waals surface area contributed by atoms with E-state index in [1.54, 1.807) is 0 Å². The molecule has 0 fully saturated rings. The van der Waals surface area contributed by atoms with Gasteiger partial charge in [0.1, 0.15) is 5.78 Å². The van der Waals surface area contributed by atoms with Gasteiger partial charge >= 0.3 is 0 Å². The zero-order valence-electron chi connectivity index (χ0n) is 9.00. The van der Waals surface area contributed by atoms with Crippen molar-refractivity contribution in [1.29, 1.82) is 0 Å². The monoisotopic (exact) mass is 195 g/mol. The molecule has 1 heterocycles. The van der Waals surface area contributed by atoms with Gasteiger partial charge in [-0.1, -0.05) is 0 Å². The average Bonchev–Trinajstić information content (AvgIpc) is 2.39. The van der Waals surface area contributed by atoms with Gasteiger partial charge in [-0.15, -0.1) is 0 Å². The fourth-order valence-corrected chi connectivity index (χ4v) is 1.55. The lowest BCUT2D eigenvalue weighted by Gasteiger charge is -2.00. The van der Waals surface area contributed by atoms with Crippen molar-refractivity contribution in [3.05, 3.63) is 17.0 Å². The number of aromatic nitrogens is 2. The van der Waals surface area contributed by atoms with Crippen LogP contribution < -0.4 is 5.73 Å². The second kappa shape index (κ2) is 4.37. The van der Waals surface area contributed by atoms with Crippen LogP contribution in [0.4, 0.5) is 0 Å². The van der Waals surface area contributed by atoms with Crippen LogP contribution in [0.25, 0.3) is 0 Å². The Bertz CT molecular complexity index is 341. The molecule has 0 aromatic carbocycles. The predicted octanol–water partition coefficient (Wildman–Crippen LogP) is 0.497. The molecule has 2 N–H and O–H groups in total. The van der Waals surface area contributed by atoms with Gasteiger partial charge in [0, 0.05) is 19.2 Å². The summed E-state index contributed by atoms with van der Waals surface area (Å²) in [6, 6.07) is 0. The Morgan fingerprint density at radius 2 is 2.14 bits per heavy atom. The molecule has 0 unspecified atom stereocenters. The van der Waals surface area contributed by atoms with Gasteiger partial charge in [-0.2, -0.15) is 5.10 Å². The molecule has 0 atom stereocenters. The van der Waals surface area contributed by atoms with E-state index in [1.165, 1.54) is 5.56 Å². The molecule has 1 aromatic heterocycles. The summed E-state index contributed by atoms with van der Waals surface area (Å²) in [7, 11) is 1.91. The van der Waals surface area contributed by atoms with E-state index in [4.69, 9.17) is 5.73 Å². The Morgan fingerprint density at radius 3 is 2.57 bits per heavy atom. The van der Waals surface area contributed by atoms with E-state index in [1.807, 2.05) is 25.6 Å². The van der Waals surface area contributed by atoms with Crippen LogP contribution in [0, 0.1) is 13.8 Å². The molecule has 1 rings (SSSR count). The van der Waals surface area contributed by atoms with Gasteiger partial charge in [0.2, 0.25) is 0 Å². The summed E-state index contributed by atoms with van der Waals surface area (Å²) >= 11 is 0. The topological polar surface area (TPSA) is 60.9 Å². The van der Waals surface area contributed by atoms with Crippen molar-refractivity contribution >= 4 is 5.78 Å². The first-order chi connectivity index (χ1) is 6.56. The predicted molar refractivity (Wildman–Crippen MR) is 55.1 cm³/mol. The van der Waals surface area contributed by atoms with E-state index in [0.29, 0.717) is 6.42 Å². The summed E-state index contributed by atoms with van der Waals surface area (Å²) in [5.41, 5.74) is 8.56. The third kappa shape index (κ3) is 2.20. The molecule has 4 nitrogen and oxygen atoms in total. The molecule has 78 valence electrons. The van der Waals surface area contributed by atoms with Gasteiger partial charge < -0.3 is 5.73 Å². The van der Waals surface area contributed by atoms with Crippen molar-refractivity contribution in [3.63, 3.8) is 0 Å². The van der Waals surface area contributed by atoms with Gasteiger partial charge in [0.05, 0.1) is 12.2 Å². The van der Waals surface area contributed by atoms with E-state index >= 15 is 0 Å².